The van der Waals surface area contributed by atoms with Crippen molar-refractivity contribution in [1.82, 2.24) is 15.1 Å². The molecule has 2 aromatic rings. The van der Waals surface area contributed by atoms with Gasteiger partial charge in [0.05, 0.1) is 12.1 Å². The second-order valence-corrected chi connectivity index (χ2v) is 7.15. The highest BCUT2D eigenvalue weighted by molar-refractivity contribution is 7.13. The fraction of sp³-hybridized carbons (Fsp3) is 0.625. The summed E-state index contributed by atoms with van der Waals surface area (Å²) in [4.78, 5) is 20.6. The molecule has 3 rings (SSSR count). The number of nitrogens with one attached hydrogen (secondary N) is 1. The van der Waals surface area contributed by atoms with Gasteiger partial charge in [-0.1, -0.05) is 19.0 Å². The number of methoxy groups -OCH3 is 1. The largest absolute Gasteiger partial charge is 0.381 e. The zero-order valence-corrected chi connectivity index (χ0v) is 15.4. The number of hydrogen-bond donors (Lipinski definition) is 1. The highest BCUT2D eigenvalue weighted by Crippen LogP contribution is 2.33. The van der Waals surface area contributed by atoms with Crippen LogP contribution >= 0.6 is 11.3 Å². The zero-order valence-electron chi connectivity index (χ0n) is 14.6. The lowest BCUT2D eigenvalue weighted by Crippen LogP contribution is -2.36. The molecule has 1 fully saturated rings. The molecular formula is C16H22N4O4S. The lowest BCUT2D eigenvalue weighted by molar-refractivity contribution is -0.118. The second kappa shape index (κ2) is 7.59. The predicted molar refractivity (Wildman–Crippen MR) is 91.4 cm³/mol. The summed E-state index contributed by atoms with van der Waals surface area (Å²) < 4.78 is 16.4. The van der Waals surface area contributed by atoms with Crippen LogP contribution in [0.2, 0.25) is 0 Å². The lowest BCUT2D eigenvalue weighted by Gasteiger charge is -2.32. The van der Waals surface area contributed by atoms with E-state index in [4.69, 9.17) is 14.0 Å². The van der Waals surface area contributed by atoms with Gasteiger partial charge in [0.1, 0.15) is 5.60 Å². The van der Waals surface area contributed by atoms with Gasteiger partial charge in [0.2, 0.25) is 17.6 Å². The van der Waals surface area contributed by atoms with Crippen molar-refractivity contribution >= 4 is 22.4 Å². The topological polar surface area (TPSA) is 99.4 Å². The van der Waals surface area contributed by atoms with Gasteiger partial charge in [-0.25, -0.2) is 4.98 Å². The second-order valence-electron chi connectivity index (χ2n) is 6.29. The fourth-order valence-corrected chi connectivity index (χ4v) is 3.30. The van der Waals surface area contributed by atoms with Gasteiger partial charge in [-0.05, 0) is 0 Å². The molecule has 8 nitrogen and oxygen atoms in total. The molecule has 9 heteroatoms. The summed E-state index contributed by atoms with van der Waals surface area (Å²) in [5.74, 6) is 0.889. The Bertz CT molecular complexity index is 721. The molecule has 1 saturated heterocycles. The maximum Gasteiger partial charge on any atom is 0.232 e. The smallest absolute Gasteiger partial charge is 0.232 e. The van der Waals surface area contributed by atoms with Crippen LogP contribution in [0.4, 0.5) is 5.13 Å². The molecular weight excluding hydrogens is 344 g/mol. The van der Waals surface area contributed by atoms with E-state index in [2.05, 4.69) is 20.4 Å². The number of thiazole rings is 1. The van der Waals surface area contributed by atoms with E-state index in [1.54, 1.807) is 7.11 Å². The summed E-state index contributed by atoms with van der Waals surface area (Å²) in [6, 6.07) is 0. The van der Waals surface area contributed by atoms with E-state index in [9.17, 15) is 4.79 Å². The molecule has 1 aliphatic rings. The maximum atomic E-state index is 11.7. The van der Waals surface area contributed by atoms with Crippen LogP contribution in [0.25, 0.3) is 0 Å². The molecule has 0 saturated carbocycles. The monoisotopic (exact) mass is 366 g/mol. The van der Waals surface area contributed by atoms with Gasteiger partial charge in [-0.2, -0.15) is 4.98 Å². The number of aromatic nitrogens is 3. The van der Waals surface area contributed by atoms with Crippen LogP contribution in [-0.4, -0.2) is 41.4 Å². The average Bonchev–Trinajstić information content (AvgIpc) is 3.25. The van der Waals surface area contributed by atoms with Gasteiger partial charge < -0.3 is 19.3 Å². The van der Waals surface area contributed by atoms with Crippen LogP contribution in [0.5, 0.6) is 0 Å². The van der Waals surface area contributed by atoms with Crippen LogP contribution in [-0.2, 0) is 26.3 Å². The van der Waals surface area contributed by atoms with Crippen molar-refractivity contribution in [2.75, 3.05) is 25.6 Å². The Balaban J connectivity index is 1.67. The molecule has 0 radical (unpaired) electrons. The molecule has 2 aromatic heterocycles. The van der Waals surface area contributed by atoms with E-state index in [0.29, 0.717) is 49.3 Å². The zero-order chi connectivity index (χ0) is 17.9. The van der Waals surface area contributed by atoms with Crippen molar-refractivity contribution in [1.29, 1.82) is 0 Å². The first kappa shape index (κ1) is 18.0. The van der Waals surface area contributed by atoms with Crippen LogP contribution in [0.15, 0.2) is 9.90 Å². The third-order valence-electron chi connectivity index (χ3n) is 4.21. The van der Waals surface area contributed by atoms with Crippen LogP contribution < -0.4 is 5.32 Å². The number of anilines is 1. The summed E-state index contributed by atoms with van der Waals surface area (Å²) in [7, 11) is 1.66. The number of carbonyl (C=O) groups excluding carboxylic acids is 1. The number of nitrogens with zero attached hydrogens (tertiary/aromatic N) is 3. The van der Waals surface area contributed by atoms with Gasteiger partial charge in [0.25, 0.3) is 0 Å². The highest BCUT2D eigenvalue weighted by atomic mass is 32.1. The fourth-order valence-electron chi connectivity index (χ4n) is 2.58. The van der Waals surface area contributed by atoms with Crippen molar-refractivity contribution in [2.24, 2.45) is 5.92 Å². The van der Waals surface area contributed by atoms with E-state index in [1.165, 1.54) is 11.3 Å². The molecule has 25 heavy (non-hydrogen) atoms. The Kier molecular flexibility index (Phi) is 5.45. The number of amides is 1. The summed E-state index contributed by atoms with van der Waals surface area (Å²) in [5.41, 5.74) is 0.232. The third-order valence-corrected chi connectivity index (χ3v) is 5.01. The Morgan fingerprint density at radius 2 is 2.16 bits per heavy atom. The van der Waals surface area contributed by atoms with Crippen LogP contribution in [0.1, 0.15) is 44.1 Å². The Morgan fingerprint density at radius 1 is 1.40 bits per heavy atom. The molecule has 3 heterocycles. The van der Waals surface area contributed by atoms with Gasteiger partial charge in [-0.15, -0.1) is 11.3 Å². The van der Waals surface area contributed by atoms with Crippen LogP contribution in [0.3, 0.4) is 0 Å². The number of hydrogen-bond acceptors (Lipinski definition) is 8. The number of carbonyl (C=O) groups is 1. The van der Waals surface area contributed by atoms with E-state index in [1.807, 2.05) is 19.2 Å². The molecule has 1 amide bonds. The van der Waals surface area contributed by atoms with Crippen molar-refractivity contribution < 1.29 is 18.8 Å². The molecule has 0 aromatic carbocycles. The normalized spacial score (nSPS) is 17.0. The molecule has 1 N–H and O–H groups in total. The molecule has 136 valence electrons. The Morgan fingerprint density at radius 3 is 2.84 bits per heavy atom. The molecule has 1 aliphatic heterocycles. The van der Waals surface area contributed by atoms with E-state index in [-0.39, 0.29) is 11.8 Å². The van der Waals surface area contributed by atoms with Crippen molar-refractivity contribution in [3.63, 3.8) is 0 Å². The molecule has 0 atom stereocenters. The average molecular weight is 366 g/mol. The standard InChI is InChI=1S/C16H22N4O4S/c1-10(2)13(21)19-15-17-11(9-25-15)8-12-18-14(20-24-12)16(22-3)4-6-23-7-5-16/h9-10H,4-8H2,1-3H3,(H,17,19,21). The molecule has 0 unspecified atom stereocenters. The van der Waals surface area contributed by atoms with E-state index >= 15 is 0 Å². The Labute approximate surface area is 149 Å². The number of rotatable bonds is 6. The Hall–Kier alpha value is -1.84. The minimum Gasteiger partial charge on any atom is -0.381 e. The van der Waals surface area contributed by atoms with Crippen molar-refractivity contribution in [3.05, 3.63) is 22.8 Å². The first-order valence-corrected chi connectivity index (χ1v) is 9.11. The van der Waals surface area contributed by atoms with Crippen molar-refractivity contribution in [3.8, 4) is 0 Å². The first-order valence-electron chi connectivity index (χ1n) is 8.23. The maximum absolute atomic E-state index is 11.7. The quantitative estimate of drug-likeness (QED) is 0.838. The summed E-state index contributed by atoms with van der Waals surface area (Å²) in [6.07, 6.45) is 1.81. The predicted octanol–water partition coefficient (Wildman–Crippen LogP) is 2.36. The summed E-state index contributed by atoms with van der Waals surface area (Å²) >= 11 is 1.38. The minimum absolute atomic E-state index is 0.0532. The summed E-state index contributed by atoms with van der Waals surface area (Å²) in [5, 5.41) is 9.33. The first-order chi connectivity index (χ1) is 12.0. The van der Waals surface area contributed by atoms with Gasteiger partial charge in [-0.3, -0.25) is 4.79 Å². The summed E-state index contributed by atoms with van der Waals surface area (Å²) in [6.45, 7) is 4.91. The SMILES string of the molecule is COC1(c2noc(Cc3csc(NC(=O)C(C)C)n3)n2)CCOCC1. The van der Waals surface area contributed by atoms with E-state index in [0.717, 1.165) is 5.69 Å². The number of ether oxygens (including phenoxy) is 2. The van der Waals surface area contributed by atoms with Gasteiger partial charge >= 0.3 is 0 Å². The van der Waals surface area contributed by atoms with Crippen molar-refractivity contribution in [2.45, 2.75) is 38.7 Å². The third kappa shape index (κ3) is 4.05. The van der Waals surface area contributed by atoms with Gasteiger partial charge in [0, 0.05) is 44.5 Å². The van der Waals surface area contributed by atoms with Gasteiger partial charge in [0.15, 0.2) is 5.13 Å². The van der Waals surface area contributed by atoms with Crippen LogP contribution in [0, 0.1) is 5.92 Å². The lowest BCUT2D eigenvalue weighted by atomic mass is 9.93. The molecule has 0 spiro atoms. The molecule has 0 aliphatic carbocycles. The highest BCUT2D eigenvalue weighted by Gasteiger charge is 2.39. The minimum atomic E-state index is -0.543. The van der Waals surface area contributed by atoms with E-state index < -0.39 is 5.60 Å². The molecule has 0 bridgehead atoms.